The van der Waals surface area contributed by atoms with E-state index in [1.165, 1.54) is 16.4 Å². The highest BCUT2D eigenvalue weighted by atomic mass is 79.9. The van der Waals surface area contributed by atoms with Gasteiger partial charge in [-0.1, -0.05) is 34.1 Å². The van der Waals surface area contributed by atoms with Crippen molar-refractivity contribution >= 4 is 60.6 Å². The van der Waals surface area contributed by atoms with Crippen molar-refractivity contribution in [3.63, 3.8) is 0 Å². The summed E-state index contributed by atoms with van der Waals surface area (Å²) >= 11 is 8.66. The number of ether oxygens (including phenoxy) is 1. The van der Waals surface area contributed by atoms with Crippen molar-refractivity contribution in [1.29, 1.82) is 0 Å². The third-order valence-corrected chi connectivity index (χ3v) is 7.85. The number of hydrogen-bond donors (Lipinski definition) is 2. The number of rotatable bonds is 6. The first-order valence-electron chi connectivity index (χ1n) is 10.9. The number of sulfonamides is 1. The van der Waals surface area contributed by atoms with E-state index in [2.05, 4.69) is 26.6 Å². The number of para-hydroxylation sites is 1. The molecular formula is C25H24BrN3O4S2. The SMILES string of the molecule is CC(C)Oc1ccc(Br)cc1C(=O)NC(=S)Nc1ccc(S(=O)(=O)N2CCc3ccccc32)cc1. The van der Waals surface area contributed by atoms with Crippen molar-refractivity contribution < 1.29 is 17.9 Å². The molecule has 0 bridgehead atoms. The molecule has 3 aromatic rings. The van der Waals surface area contributed by atoms with Crippen molar-refractivity contribution in [2.24, 2.45) is 0 Å². The quantitative estimate of drug-likeness (QED) is 0.398. The molecular weight excluding hydrogens is 550 g/mol. The van der Waals surface area contributed by atoms with Gasteiger partial charge in [-0.3, -0.25) is 14.4 Å². The second kappa shape index (κ2) is 10.3. The lowest BCUT2D eigenvalue weighted by Crippen LogP contribution is -2.34. The van der Waals surface area contributed by atoms with Crippen LogP contribution in [-0.4, -0.2) is 32.1 Å². The van der Waals surface area contributed by atoms with Gasteiger partial charge >= 0.3 is 0 Å². The van der Waals surface area contributed by atoms with Gasteiger partial charge in [-0.05, 0) is 86.6 Å². The fourth-order valence-corrected chi connectivity index (χ4v) is 5.84. The molecule has 0 fully saturated rings. The van der Waals surface area contributed by atoms with Crippen LogP contribution in [0.2, 0.25) is 0 Å². The smallest absolute Gasteiger partial charge is 0.264 e. The summed E-state index contributed by atoms with van der Waals surface area (Å²) in [7, 11) is -3.69. The van der Waals surface area contributed by atoms with Crippen LogP contribution in [0, 0.1) is 0 Å². The van der Waals surface area contributed by atoms with Crippen LogP contribution in [0.1, 0.15) is 29.8 Å². The fraction of sp³-hybridized carbons (Fsp3) is 0.200. The lowest BCUT2D eigenvalue weighted by atomic mass is 10.2. The molecule has 3 aromatic carbocycles. The van der Waals surface area contributed by atoms with Crippen LogP contribution in [0.5, 0.6) is 5.75 Å². The first kappa shape index (κ1) is 25.2. The number of halogens is 1. The Bertz CT molecular complexity index is 1380. The predicted octanol–water partition coefficient (Wildman–Crippen LogP) is 5.11. The fourth-order valence-electron chi connectivity index (χ4n) is 3.76. The van der Waals surface area contributed by atoms with Gasteiger partial charge in [0.2, 0.25) is 0 Å². The van der Waals surface area contributed by atoms with E-state index >= 15 is 0 Å². The normalized spacial score (nSPS) is 12.9. The Kier molecular flexibility index (Phi) is 7.44. The lowest BCUT2D eigenvalue weighted by molar-refractivity contribution is 0.0972. The minimum atomic E-state index is -3.69. The number of nitrogens with one attached hydrogen (secondary N) is 2. The van der Waals surface area contributed by atoms with Gasteiger partial charge in [-0.25, -0.2) is 8.42 Å². The zero-order valence-electron chi connectivity index (χ0n) is 19.1. The zero-order chi connectivity index (χ0) is 25.2. The molecule has 0 saturated heterocycles. The van der Waals surface area contributed by atoms with E-state index in [-0.39, 0.29) is 16.1 Å². The Morgan fingerprint density at radius 3 is 2.51 bits per heavy atom. The van der Waals surface area contributed by atoms with Crippen molar-refractivity contribution in [3.8, 4) is 5.75 Å². The number of fused-ring (bicyclic) bond motifs is 1. The Balaban J connectivity index is 1.44. The van der Waals surface area contributed by atoms with Gasteiger partial charge in [-0.15, -0.1) is 0 Å². The number of thiocarbonyl (C=S) groups is 1. The molecule has 0 atom stereocenters. The number of anilines is 2. The van der Waals surface area contributed by atoms with Crippen molar-refractivity contribution in [1.82, 2.24) is 5.32 Å². The molecule has 1 aliphatic heterocycles. The molecule has 10 heteroatoms. The van der Waals surface area contributed by atoms with E-state index in [1.807, 2.05) is 38.1 Å². The van der Waals surface area contributed by atoms with E-state index in [1.54, 1.807) is 30.3 Å². The molecule has 7 nitrogen and oxygen atoms in total. The molecule has 0 radical (unpaired) electrons. The van der Waals surface area contributed by atoms with E-state index in [0.29, 0.717) is 35.7 Å². The molecule has 0 spiro atoms. The van der Waals surface area contributed by atoms with Crippen molar-refractivity contribution in [3.05, 3.63) is 82.3 Å². The highest BCUT2D eigenvalue weighted by molar-refractivity contribution is 9.10. The van der Waals surface area contributed by atoms with Crippen LogP contribution in [-0.2, 0) is 16.4 Å². The van der Waals surface area contributed by atoms with Crippen molar-refractivity contribution in [2.75, 3.05) is 16.2 Å². The molecule has 2 N–H and O–H groups in total. The maximum absolute atomic E-state index is 13.2. The number of carbonyl (C=O) groups excluding carboxylic acids is 1. The summed E-state index contributed by atoms with van der Waals surface area (Å²) in [6.07, 6.45) is 0.585. The van der Waals surface area contributed by atoms with Gasteiger partial charge in [0.05, 0.1) is 22.3 Å². The average molecular weight is 575 g/mol. The molecule has 1 aliphatic rings. The monoisotopic (exact) mass is 573 g/mol. The Morgan fingerprint density at radius 1 is 1.09 bits per heavy atom. The van der Waals surface area contributed by atoms with Crippen LogP contribution in [0.4, 0.5) is 11.4 Å². The van der Waals surface area contributed by atoms with Gasteiger partial charge in [0.25, 0.3) is 15.9 Å². The number of benzene rings is 3. The van der Waals surface area contributed by atoms with E-state index < -0.39 is 15.9 Å². The first-order valence-corrected chi connectivity index (χ1v) is 13.6. The third-order valence-electron chi connectivity index (χ3n) is 5.32. The second-order valence-corrected chi connectivity index (χ2v) is 11.4. The van der Waals surface area contributed by atoms with E-state index in [4.69, 9.17) is 17.0 Å². The van der Waals surface area contributed by atoms with Gasteiger partial charge < -0.3 is 10.1 Å². The number of hydrogen-bond acceptors (Lipinski definition) is 5. The van der Waals surface area contributed by atoms with E-state index in [9.17, 15) is 13.2 Å². The molecule has 182 valence electrons. The number of amides is 1. The van der Waals surface area contributed by atoms with Gasteiger partial charge in [0.15, 0.2) is 5.11 Å². The maximum atomic E-state index is 13.2. The molecule has 1 heterocycles. The zero-order valence-corrected chi connectivity index (χ0v) is 22.3. The Morgan fingerprint density at radius 2 is 1.80 bits per heavy atom. The van der Waals surface area contributed by atoms with Gasteiger partial charge in [-0.2, -0.15) is 0 Å². The summed E-state index contributed by atoms with van der Waals surface area (Å²) in [6.45, 7) is 4.17. The molecule has 0 aliphatic carbocycles. The van der Waals surface area contributed by atoms with Crippen LogP contribution >= 0.6 is 28.1 Å². The molecule has 4 rings (SSSR count). The molecule has 1 amide bonds. The van der Waals surface area contributed by atoms with Crippen molar-refractivity contribution in [2.45, 2.75) is 31.3 Å². The van der Waals surface area contributed by atoms with Crippen LogP contribution in [0.25, 0.3) is 0 Å². The minimum Gasteiger partial charge on any atom is -0.490 e. The Hall–Kier alpha value is -2.95. The van der Waals surface area contributed by atoms with Gasteiger partial charge in [0, 0.05) is 16.7 Å². The Labute approximate surface area is 218 Å². The molecule has 0 unspecified atom stereocenters. The third kappa shape index (κ3) is 5.66. The summed E-state index contributed by atoms with van der Waals surface area (Å²) in [5.74, 6) is 0.0212. The molecule has 0 saturated carbocycles. The molecule has 0 aromatic heterocycles. The predicted molar refractivity (Wildman–Crippen MR) is 145 cm³/mol. The van der Waals surface area contributed by atoms with Crippen LogP contribution < -0.4 is 19.7 Å². The standard InChI is InChI=1S/C25H24BrN3O4S2/c1-16(2)33-23-12-7-18(26)15-21(23)24(30)28-25(34)27-19-8-10-20(11-9-19)35(31,32)29-14-13-17-5-3-4-6-22(17)29/h3-12,15-16H,13-14H2,1-2H3,(H2,27,28,30,34). The largest absolute Gasteiger partial charge is 0.490 e. The maximum Gasteiger partial charge on any atom is 0.264 e. The van der Waals surface area contributed by atoms with E-state index in [0.717, 1.165) is 10.0 Å². The summed E-state index contributed by atoms with van der Waals surface area (Å²) in [4.78, 5) is 13.0. The highest BCUT2D eigenvalue weighted by Gasteiger charge is 2.30. The minimum absolute atomic E-state index is 0.0783. The van der Waals surface area contributed by atoms with Crippen LogP contribution in [0.15, 0.2) is 76.1 Å². The number of carbonyl (C=O) groups is 1. The summed E-state index contributed by atoms with van der Waals surface area (Å²) in [5, 5.41) is 5.64. The highest BCUT2D eigenvalue weighted by Crippen LogP contribution is 2.33. The first-order chi connectivity index (χ1) is 16.6. The summed E-state index contributed by atoms with van der Waals surface area (Å²) < 4.78 is 34.2. The lowest BCUT2D eigenvalue weighted by Gasteiger charge is -2.20. The summed E-state index contributed by atoms with van der Waals surface area (Å²) in [6, 6.07) is 18.9. The second-order valence-electron chi connectivity index (χ2n) is 8.20. The topological polar surface area (TPSA) is 87.7 Å². The number of nitrogens with zero attached hydrogens (tertiary/aromatic N) is 1. The van der Waals surface area contributed by atoms with Gasteiger partial charge in [0.1, 0.15) is 5.75 Å². The average Bonchev–Trinajstić information content (AvgIpc) is 3.25. The molecule has 35 heavy (non-hydrogen) atoms. The van der Waals surface area contributed by atoms with Crippen LogP contribution in [0.3, 0.4) is 0 Å². The summed E-state index contributed by atoms with van der Waals surface area (Å²) in [5.41, 5.74) is 2.61.